The van der Waals surface area contributed by atoms with E-state index in [2.05, 4.69) is 22.5 Å². The van der Waals surface area contributed by atoms with Gasteiger partial charge in [0.05, 0.1) is 32.6 Å². The molecule has 0 saturated carbocycles. The van der Waals surface area contributed by atoms with E-state index in [1.165, 1.54) is 0 Å². The number of rotatable bonds is 13. The van der Waals surface area contributed by atoms with E-state index >= 15 is 0 Å². The number of nitrogens with zero attached hydrogens (tertiary/aromatic N) is 1. The van der Waals surface area contributed by atoms with Gasteiger partial charge in [0.25, 0.3) is 0 Å². The molecule has 1 aromatic rings. The number of unbranched alkanes of at least 4 members (excludes halogenated alkanes) is 1. The predicted octanol–water partition coefficient (Wildman–Crippen LogP) is 2.21. The molecular weight excluding hydrogens is 294 g/mol. The summed E-state index contributed by atoms with van der Waals surface area (Å²) in [5.41, 5.74) is 0. The molecule has 0 fully saturated rings. The number of hydrogen-bond donors (Lipinski definition) is 2. The molecule has 1 rings (SSSR count). The molecule has 6 nitrogen and oxygen atoms in total. The van der Waals surface area contributed by atoms with Crippen molar-refractivity contribution in [3.05, 3.63) is 24.2 Å². The van der Waals surface area contributed by atoms with Crippen LogP contribution in [0.25, 0.3) is 0 Å². The first-order chi connectivity index (χ1) is 11.4. The van der Waals surface area contributed by atoms with Crippen molar-refractivity contribution in [3.8, 4) is 0 Å². The maximum Gasteiger partial charge on any atom is 0.191 e. The molecule has 0 aliphatic heterocycles. The Balaban J connectivity index is 2.06. The second-order valence-electron chi connectivity index (χ2n) is 5.10. The Morgan fingerprint density at radius 3 is 2.65 bits per heavy atom. The van der Waals surface area contributed by atoms with Crippen LogP contribution in [0.4, 0.5) is 0 Å². The van der Waals surface area contributed by atoms with Gasteiger partial charge in [0.2, 0.25) is 0 Å². The molecule has 0 aliphatic carbocycles. The molecule has 0 radical (unpaired) electrons. The zero-order valence-corrected chi connectivity index (χ0v) is 14.5. The molecule has 0 spiro atoms. The largest absolute Gasteiger partial charge is 0.469 e. The van der Waals surface area contributed by atoms with Crippen LogP contribution in [0, 0.1) is 0 Å². The van der Waals surface area contributed by atoms with Crippen molar-refractivity contribution < 1.29 is 13.9 Å². The Labute approximate surface area is 139 Å². The van der Waals surface area contributed by atoms with Gasteiger partial charge in [0.1, 0.15) is 5.76 Å². The average Bonchev–Trinajstić information content (AvgIpc) is 3.06. The summed E-state index contributed by atoms with van der Waals surface area (Å²) < 4.78 is 16.2. The molecule has 0 amide bonds. The summed E-state index contributed by atoms with van der Waals surface area (Å²) in [6, 6.07) is 3.88. The second-order valence-corrected chi connectivity index (χ2v) is 5.10. The Hall–Kier alpha value is -1.53. The summed E-state index contributed by atoms with van der Waals surface area (Å²) in [4.78, 5) is 4.48. The van der Waals surface area contributed by atoms with Gasteiger partial charge in [-0.2, -0.15) is 0 Å². The number of guanidine groups is 1. The minimum Gasteiger partial charge on any atom is -0.469 e. The van der Waals surface area contributed by atoms with Crippen LogP contribution in [0.3, 0.4) is 0 Å². The Kier molecular flexibility index (Phi) is 12.0. The molecule has 23 heavy (non-hydrogen) atoms. The van der Waals surface area contributed by atoms with Crippen LogP contribution in [0.2, 0.25) is 0 Å². The average molecular weight is 325 g/mol. The smallest absolute Gasteiger partial charge is 0.191 e. The first-order valence-corrected chi connectivity index (χ1v) is 8.56. The third kappa shape index (κ3) is 10.8. The first-order valence-electron chi connectivity index (χ1n) is 8.56. The van der Waals surface area contributed by atoms with Crippen molar-refractivity contribution in [2.75, 3.05) is 46.1 Å². The van der Waals surface area contributed by atoms with Crippen molar-refractivity contribution in [2.24, 2.45) is 4.99 Å². The maximum absolute atomic E-state index is 5.50. The number of nitrogens with one attached hydrogen (secondary N) is 2. The highest BCUT2D eigenvalue weighted by molar-refractivity contribution is 5.79. The van der Waals surface area contributed by atoms with E-state index in [1.807, 2.05) is 19.1 Å². The van der Waals surface area contributed by atoms with E-state index < -0.39 is 0 Å². The Morgan fingerprint density at radius 1 is 1.13 bits per heavy atom. The highest BCUT2D eigenvalue weighted by Gasteiger charge is 1.99. The summed E-state index contributed by atoms with van der Waals surface area (Å²) in [6.07, 6.45) is 4.80. The monoisotopic (exact) mass is 325 g/mol. The van der Waals surface area contributed by atoms with Gasteiger partial charge in [-0.25, -0.2) is 0 Å². The summed E-state index contributed by atoms with van der Waals surface area (Å²) in [7, 11) is 0. The van der Waals surface area contributed by atoms with E-state index in [-0.39, 0.29) is 0 Å². The fraction of sp³-hybridized carbons (Fsp3) is 0.706. The molecular formula is C17H31N3O3. The Bertz CT molecular complexity index is 394. The van der Waals surface area contributed by atoms with Crippen LogP contribution in [0.15, 0.2) is 27.8 Å². The first kappa shape index (κ1) is 19.5. The molecule has 0 saturated heterocycles. The number of furan rings is 1. The Morgan fingerprint density at radius 2 is 1.96 bits per heavy atom. The normalized spacial score (nSPS) is 11.7. The molecule has 0 aromatic carbocycles. The van der Waals surface area contributed by atoms with Gasteiger partial charge in [0, 0.05) is 26.1 Å². The van der Waals surface area contributed by atoms with Gasteiger partial charge in [-0.15, -0.1) is 0 Å². The molecule has 1 aromatic heterocycles. The van der Waals surface area contributed by atoms with E-state index in [0.717, 1.165) is 50.7 Å². The highest BCUT2D eigenvalue weighted by atomic mass is 16.5. The van der Waals surface area contributed by atoms with Crippen LogP contribution in [-0.2, 0) is 15.9 Å². The summed E-state index contributed by atoms with van der Waals surface area (Å²) in [5.74, 6) is 1.78. The fourth-order valence-electron chi connectivity index (χ4n) is 1.89. The van der Waals surface area contributed by atoms with Crippen LogP contribution < -0.4 is 10.6 Å². The van der Waals surface area contributed by atoms with Gasteiger partial charge >= 0.3 is 0 Å². The molecule has 132 valence electrons. The van der Waals surface area contributed by atoms with Gasteiger partial charge in [0.15, 0.2) is 5.96 Å². The lowest BCUT2D eigenvalue weighted by atomic mass is 10.3. The van der Waals surface area contributed by atoms with E-state index in [4.69, 9.17) is 13.9 Å². The lowest BCUT2D eigenvalue weighted by Crippen LogP contribution is -2.38. The van der Waals surface area contributed by atoms with Crippen molar-refractivity contribution in [2.45, 2.75) is 33.1 Å². The summed E-state index contributed by atoms with van der Waals surface area (Å²) in [6.45, 7) is 9.16. The fourth-order valence-corrected chi connectivity index (χ4v) is 1.89. The molecule has 1 heterocycles. The SMILES string of the molecule is CCCCOCCOCCN=C(NCC)NCCc1ccco1. The summed E-state index contributed by atoms with van der Waals surface area (Å²) >= 11 is 0. The van der Waals surface area contributed by atoms with Crippen molar-refractivity contribution in [1.82, 2.24) is 10.6 Å². The number of ether oxygens (including phenoxy) is 2. The lowest BCUT2D eigenvalue weighted by Gasteiger charge is -2.10. The minimum atomic E-state index is 0.603. The van der Waals surface area contributed by atoms with E-state index in [9.17, 15) is 0 Å². The molecule has 6 heteroatoms. The number of hydrogen-bond acceptors (Lipinski definition) is 4. The topological polar surface area (TPSA) is 68.0 Å². The van der Waals surface area contributed by atoms with Crippen molar-refractivity contribution in [1.29, 1.82) is 0 Å². The van der Waals surface area contributed by atoms with Crippen molar-refractivity contribution in [3.63, 3.8) is 0 Å². The molecule has 0 atom stereocenters. The predicted molar refractivity (Wildman–Crippen MR) is 92.9 cm³/mol. The maximum atomic E-state index is 5.50. The zero-order chi connectivity index (χ0) is 16.6. The minimum absolute atomic E-state index is 0.603. The quantitative estimate of drug-likeness (QED) is 0.331. The van der Waals surface area contributed by atoms with Crippen LogP contribution in [0.5, 0.6) is 0 Å². The van der Waals surface area contributed by atoms with Crippen LogP contribution in [-0.4, -0.2) is 52.0 Å². The van der Waals surface area contributed by atoms with Gasteiger partial charge in [-0.1, -0.05) is 13.3 Å². The lowest BCUT2D eigenvalue weighted by molar-refractivity contribution is 0.0497. The number of aliphatic imine (C=N–C) groups is 1. The third-order valence-corrected chi connectivity index (χ3v) is 3.11. The molecule has 0 aliphatic rings. The van der Waals surface area contributed by atoms with Crippen LogP contribution in [0.1, 0.15) is 32.4 Å². The second kappa shape index (κ2) is 14.1. The standard InChI is InChI=1S/C17H31N3O3/c1-3-5-11-21-14-15-22-13-10-20-17(18-4-2)19-9-8-16-7-6-12-23-16/h6-7,12H,3-5,8-11,13-15H2,1-2H3,(H2,18,19,20). The van der Waals surface area contributed by atoms with E-state index in [0.29, 0.717) is 26.4 Å². The van der Waals surface area contributed by atoms with Gasteiger partial charge < -0.3 is 24.5 Å². The molecule has 0 unspecified atom stereocenters. The van der Waals surface area contributed by atoms with Crippen molar-refractivity contribution >= 4 is 5.96 Å². The van der Waals surface area contributed by atoms with E-state index in [1.54, 1.807) is 6.26 Å². The van der Waals surface area contributed by atoms with Gasteiger partial charge in [-0.05, 0) is 25.5 Å². The zero-order valence-electron chi connectivity index (χ0n) is 14.5. The third-order valence-electron chi connectivity index (χ3n) is 3.11. The van der Waals surface area contributed by atoms with Gasteiger partial charge in [-0.3, -0.25) is 4.99 Å². The summed E-state index contributed by atoms with van der Waals surface area (Å²) in [5, 5.41) is 6.50. The molecule has 2 N–H and O–H groups in total. The van der Waals surface area contributed by atoms with Crippen LogP contribution >= 0.6 is 0 Å². The molecule has 0 bridgehead atoms. The highest BCUT2D eigenvalue weighted by Crippen LogP contribution is 1.99.